The minimum absolute atomic E-state index is 0.125. The van der Waals surface area contributed by atoms with Crippen LogP contribution in [0.2, 0.25) is 0 Å². The lowest BCUT2D eigenvalue weighted by Gasteiger charge is -1.82. The van der Waals surface area contributed by atoms with E-state index in [2.05, 4.69) is 0 Å². The van der Waals surface area contributed by atoms with Crippen molar-refractivity contribution in [2.45, 2.75) is 0 Å². The number of aromatic hydroxyl groups is 1. The largest absolute Gasteiger partial charge is 0.508 e. The summed E-state index contributed by atoms with van der Waals surface area (Å²) in [5.74, 6) is 0.322. The molecule has 3 nitrogen and oxygen atoms in total. The fourth-order valence-electron chi connectivity index (χ4n) is 0.428. The lowest BCUT2D eigenvalue weighted by Crippen LogP contribution is -1.85. The van der Waals surface area contributed by atoms with Gasteiger partial charge >= 0.3 is 0 Å². The number of aliphatic hydroxyl groups is 2. The normalized spacial score (nSPS) is 8.18. The molecule has 3 heteroatoms. The molecule has 62 valence electrons. The molecule has 0 bridgehead atoms. The van der Waals surface area contributed by atoms with E-state index in [-0.39, 0.29) is 13.2 Å². The molecule has 0 aliphatic carbocycles. The average molecular weight is 156 g/mol. The Morgan fingerprint density at radius 2 is 1.36 bits per heavy atom. The first kappa shape index (κ1) is 9.94. The second-order valence-corrected chi connectivity index (χ2v) is 1.78. The third-order valence-electron chi connectivity index (χ3n) is 0.856. The lowest BCUT2D eigenvalue weighted by atomic mass is 10.3. The molecule has 0 unspecified atom stereocenters. The molecule has 0 aromatic heterocycles. The molecule has 1 rings (SSSR count). The summed E-state index contributed by atoms with van der Waals surface area (Å²) in [7, 11) is 0. The fraction of sp³-hybridized carbons (Fsp3) is 0.250. The summed E-state index contributed by atoms with van der Waals surface area (Å²) in [6, 6.07) is 8.71. The van der Waals surface area contributed by atoms with Gasteiger partial charge < -0.3 is 15.3 Å². The summed E-state index contributed by atoms with van der Waals surface area (Å²) in [5.41, 5.74) is 0. The molecule has 3 N–H and O–H groups in total. The monoisotopic (exact) mass is 156 g/mol. The summed E-state index contributed by atoms with van der Waals surface area (Å²) < 4.78 is 0. The summed E-state index contributed by atoms with van der Waals surface area (Å²) >= 11 is 0. The molecule has 0 saturated heterocycles. The van der Waals surface area contributed by atoms with Crippen molar-refractivity contribution in [3.8, 4) is 5.75 Å². The van der Waals surface area contributed by atoms with Gasteiger partial charge in [0, 0.05) is 0 Å². The minimum atomic E-state index is -0.125. The highest BCUT2D eigenvalue weighted by molar-refractivity contribution is 5.18. The maximum absolute atomic E-state index is 8.63. The van der Waals surface area contributed by atoms with Crippen LogP contribution in [0.4, 0.5) is 0 Å². The first-order chi connectivity index (χ1) is 5.31. The van der Waals surface area contributed by atoms with Gasteiger partial charge in [-0.2, -0.15) is 0 Å². The first-order valence-electron chi connectivity index (χ1n) is 3.27. The molecular formula is C8H12O3. The van der Waals surface area contributed by atoms with Crippen LogP contribution in [0.3, 0.4) is 0 Å². The van der Waals surface area contributed by atoms with Crippen molar-refractivity contribution >= 4 is 0 Å². The van der Waals surface area contributed by atoms with Crippen molar-refractivity contribution < 1.29 is 15.3 Å². The molecule has 1 aromatic carbocycles. The Morgan fingerprint density at radius 3 is 1.55 bits per heavy atom. The zero-order valence-corrected chi connectivity index (χ0v) is 6.14. The summed E-state index contributed by atoms with van der Waals surface area (Å²) in [6.45, 7) is -0.250. The molecule has 0 radical (unpaired) electrons. The Balaban J connectivity index is 0.000000218. The Labute approximate surface area is 65.5 Å². The summed E-state index contributed by atoms with van der Waals surface area (Å²) in [5, 5.41) is 23.9. The van der Waals surface area contributed by atoms with Gasteiger partial charge in [-0.1, -0.05) is 18.2 Å². The van der Waals surface area contributed by atoms with Crippen molar-refractivity contribution in [1.29, 1.82) is 0 Å². The molecule has 0 saturated carbocycles. The van der Waals surface area contributed by atoms with E-state index in [1.807, 2.05) is 6.07 Å². The zero-order chi connectivity index (χ0) is 8.53. The maximum Gasteiger partial charge on any atom is 0.115 e. The molecular weight excluding hydrogens is 144 g/mol. The number of phenolic OH excluding ortho intramolecular Hbond substituents is 1. The summed E-state index contributed by atoms with van der Waals surface area (Å²) in [4.78, 5) is 0. The minimum Gasteiger partial charge on any atom is -0.508 e. The van der Waals surface area contributed by atoms with Crippen LogP contribution < -0.4 is 0 Å². The SMILES string of the molecule is OCCO.Oc1ccccc1. The fourth-order valence-corrected chi connectivity index (χ4v) is 0.428. The Morgan fingerprint density at radius 1 is 0.909 bits per heavy atom. The van der Waals surface area contributed by atoms with Gasteiger partial charge in [-0.05, 0) is 12.1 Å². The van der Waals surface area contributed by atoms with Crippen LogP contribution >= 0.6 is 0 Å². The van der Waals surface area contributed by atoms with Gasteiger partial charge in [-0.3, -0.25) is 0 Å². The lowest BCUT2D eigenvalue weighted by molar-refractivity contribution is 0.186. The maximum atomic E-state index is 8.63. The van der Waals surface area contributed by atoms with Crippen LogP contribution in [0, 0.1) is 0 Å². The number of benzene rings is 1. The van der Waals surface area contributed by atoms with Gasteiger partial charge in [0.1, 0.15) is 5.75 Å². The highest BCUT2D eigenvalue weighted by Crippen LogP contribution is 2.02. The van der Waals surface area contributed by atoms with E-state index in [9.17, 15) is 0 Å². The molecule has 11 heavy (non-hydrogen) atoms. The van der Waals surface area contributed by atoms with Gasteiger partial charge in [0.25, 0.3) is 0 Å². The Hall–Kier alpha value is -1.06. The van der Waals surface area contributed by atoms with Crippen LogP contribution in [0.1, 0.15) is 0 Å². The zero-order valence-electron chi connectivity index (χ0n) is 6.14. The van der Waals surface area contributed by atoms with Crippen molar-refractivity contribution in [2.75, 3.05) is 13.2 Å². The number of hydrogen-bond acceptors (Lipinski definition) is 3. The van der Waals surface area contributed by atoms with E-state index in [1.165, 1.54) is 0 Å². The number of aliphatic hydroxyl groups excluding tert-OH is 2. The predicted molar refractivity (Wildman–Crippen MR) is 42.3 cm³/mol. The number of phenols is 1. The highest BCUT2D eigenvalue weighted by atomic mass is 16.3. The van der Waals surface area contributed by atoms with E-state index in [4.69, 9.17) is 15.3 Å². The van der Waals surface area contributed by atoms with E-state index in [1.54, 1.807) is 24.3 Å². The van der Waals surface area contributed by atoms with Gasteiger partial charge in [-0.15, -0.1) is 0 Å². The van der Waals surface area contributed by atoms with Crippen molar-refractivity contribution in [3.63, 3.8) is 0 Å². The standard InChI is InChI=1S/C6H6O.C2H6O2/c7-6-4-2-1-3-5-6;3-1-2-4/h1-5,7H;3-4H,1-2H2. The van der Waals surface area contributed by atoms with E-state index in [0.717, 1.165) is 0 Å². The summed E-state index contributed by atoms with van der Waals surface area (Å²) in [6.07, 6.45) is 0. The second-order valence-electron chi connectivity index (χ2n) is 1.78. The van der Waals surface area contributed by atoms with Gasteiger partial charge in [0.15, 0.2) is 0 Å². The second kappa shape index (κ2) is 7.05. The molecule has 1 aromatic rings. The Bertz CT molecular complexity index is 160. The third kappa shape index (κ3) is 6.83. The van der Waals surface area contributed by atoms with Crippen LogP contribution in [0.15, 0.2) is 30.3 Å². The molecule has 0 aliphatic heterocycles. The van der Waals surface area contributed by atoms with Crippen LogP contribution in [-0.4, -0.2) is 28.5 Å². The highest BCUT2D eigenvalue weighted by Gasteiger charge is 1.74. The molecule has 0 fully saturated rings. The number of rotatable bonds is 1. The average Bonchev–Trinajstić information content (AvgIpc) is 2.07. The molecule has 0 atom stereocenters. The van der Waals surface area contributed by atoms with Crippen LogP contribution in [-0.2, 0) is 0 Å². The van der Waals surface area contributed by atoms with E-state index in [0.29, 0.717) is 5.75 Å². The molecule has 0 amide bonds. The van der Waals surface area contributed by atoms with E-state index < -0.39 is 0 Å². The third-order valence-corrected chi connectivity index (χ3v) is 0.856. The van der Waals surface area contributed by atoms with Crippen LogP contribution in [0.5, 0.6) is 5.75 Å². The topological polar surface area (TPSA) is 60.7 Å². The van der Waals surface area contributed by atoms with Crippen molar-refractivity contribution in [3.05, 3.63) is 30.3 Å². The van der Waals surface area contributed by atoms with Gasteiger partial charge in [0.2, 0.25) is 0 Å². The predicted octanol–water partition coefficient (Wildman–Crippen LogP) is 0.363. The molecule has 0 aliphatic rings. The Kier molecular flexibility index (Phi) is 6.37. The van der Waals surface area contributed by atoms with Crippen LogP contribution in [0.25, 0.3) is 0 Å². The van der Waals surface area contributed by atoms with Gasteiger partial charge in [0.05, 0.1) is 13.2 Å². The quantitative estimate of drug-likeness (QED) is 0.550. The first-order valence-corrected chi connectivity index (χ1v) is 3.27. The number of hydrogen-bond donors (Lipinski definition) is 3. The smallest absolute Gasteiger partial charge is 0.115 e. The molecule has 0 heterocycles. The van der Waals surface area contributed by atoms with Crippen molar-refractivity contribution in [1.82, 2.24) is 0 Å². The van der Waals surface area contributed by atoms with Crippen molar-refractivity contribution in [2.24, 2.45) is 0 Å². The molecule has 0 spiro atoms. The van der Waals surface area contributed by atoms with Gasteiger partial charge in [-0.25, -0.2) is 0 Å². The number of para-hydroxylation sites is 1. The van der Waals surface area contributed by atoms with E-state index >= 15 is 0 Å².